The van der Waals surface area contributed by atoms with E-state index in [0.29, 0.717) is 30.0 Å². The number of sulfonamides is 1. The number of rotatable bonds is 6. The SMILES string of the molecule is COc1ccccc1CNC(=O)[C@@H]1CCCN1S(=O)(=O)c1ccc2c(c1)NC(=O)[C@H](C)O2. The van der Waals surface area contributed by atoms with E-state index in [1.54, 1.807) is 20.1 Å². The number of nitrogens with one attached hydrogen (secondary N) is 2. The van der Waals surface area contributed by atoms with Crippen molar-refractivity contribution < 1.29 is 27.5 Å². The van der Waals surface area contributed by atoms with Crippen molar-refractivity contribution in [3.63, 3.8) is 0 Å². The molecule has 2 N–H and O–H groups in total. The maximum atomic E-state index is 13.3. The monoisotopic (exact) mass is 459 g/mol. The first-order valence-electron chi connectivity index (χ1n) is 10.3. The minimum absolute atomic E-state index is 0.000804. The van der Waals surface area contributed by atoms with Gasteiger partial charge in [-0.2, -0.15) is 4.31 Å². The van der Waals surface area contributed by atoms with E-state index in [1.807, 2.05) is 18.2 Å². The van der Waals surface area contributed by atoms with Crippen LogP contribution in [0.3, 0.4) is 0 Å². The number of fused-ring (bicyclic) bond motifs is 1. The predicted octanol–water partition coefficient (Wildman–Crippen LogP) is 1.88. The normalized spacial score (nSPS) is 20.8. The van der Waals surface area contributed by atoms with E-state index in [9.17, 15) is 18.0 Å². The van der Waals surface area contributed by atoms with Crippen LogP contribution in [-0.4, -0.2) is 50.3 Å². The predicted molar refractivity (Wildman–Crippen MR) is 117 cm³/mol. The van der Waals surface area contributed by atoms with Crippen LogP contribution in [0.15, 0.2) is 47.4 Å². The molecule has 1 saturated heterocycles. The van der Waals surface area contributed by atoms with Gasteiger partial charge in [-0.1, -0.05) is 18.2 Å². The van der Waals surface area contributed by atoms with Gasteiger partial charge in [0, 0.05) is 18.7 Å². The molecule has 10 heteroatoms. The molecule has 2 aromatic carbocycles. The summed E-state index contributed by atoms with van der Waals surface area (Å²) < 4.78 is 38.7. The van der Waals surface area contributed by atoms with Crippen molar-refractivity contribution in [1.82, 2.24) is 9.62 Å². The Balaban J connectivity index is 1.51. The Bertz CT molecular complexity index is 1150. The second-order valence-electron chi connectivity index (χ2n) is 7.71. The standard InChI is InChI=1S/C22H25N3O6S/c1-14-21(26)24-17-12-16(9-10-20(17)31-14)32(28,29)25-11-5-7-18(25)22(27)23-13-15-6-3-4-8-19(15)30-2/h3-4,6,8-10,12,14,18H,5,7,11,13H2,1-2H3,(H,23,27)(H,24,26)/t14-,18-/m0/s1. The van der Waals surface area contributed by atoms with Gasteiger partial charge in [-0.3, -0.25) is 9.59 Å². The van der Waals surface area contributed by atoms with E-state index in [2.05, 4.69) is 10.6 Å². The molecular weight excluding hydrogens is 434 g/mol. The fraction of sp³-hybridized carbons (Fsp3) is 0.364. The average Bonchev–Trinajstić information content (AvgIpc) is 3.29. The molecule has 170 valence electrons. The van der Waals surface area contributed by atoms with Crippen LogP contribution in [0.2, 0.25) is 0 Å². The molecule has 9 nitrogen and oxygen atoms in total. The molecule has 32 heavy (non-hydrogen) atoms. The highest BCUT2D eigenvalue weighted by atomic mass is 32.2. The summed E-state index contributed by atoms with van der Waals surface area (Å²) in [6.07, 6.45) is 0.355. The lowest BCUT2D eigenvalue weighted by Crippen LogP contribution is -2.45. The van der Waals surface area contributed by atoms with Crippen LogP contribution < -0.4 is 20.1 Å². The molecule has 2 aliphatic heterocycles. The fourth-order valence-corrected chi connectivity index (χ4v) is 5.61. The first-order valence-corrected chi connectivity index (χ1v) is 11.8. The number of amides is 2. The number of nitrogens with zero attached hydrogens (tertiary/aromatic N) is 1. The Labute approximate surface area is 186 Å². The van der Waals surface area contributed by atoms with Crippen LogP contribution in [0.1, 0.15) is 25.3 Å². The smallest absolute Gasteiger partial charge is 0.265 e. The number of methoxy groups -OCH3 is 1. The minimum Gasteiger partial charge on any atom is -0.496 e. The summed E-state index contributed by atoms with van der Waals surface area (Å²) in [7, 11) is -2.40. The van der Waals surface area contributed by atoms with E-state index in [4.69, 9.17) is 9.47 Å². The van der Waals surface area contributed by atoms with Gasteiger partial charge >= 0.3 is 0 Å². The van der Waals surface area contributed by atoms with Gasteiger partial charge in [0.25, 0.3) is 5.91 Å². The highest BCUT2D eigenvalue weighted by molar-refractivity contribution is 7.89. The number of carbonyl (C=O) groups is 2. The van der Waals surface area contributed by atoms with E-state index in [0.717, 1.165) is 5.56 Å². The van der Waals surface area contributed by atoms with Gasteiger partial charge in [-0.15, -0.1) is 0 Å². The lowest BCUT2D eigenvalue weighted by atomic mass is 10.2. The van der Waals surface area contributed by atoms with E-state index in [-0.39, 0.29) is 29.8 Å². The maximum absolute atomic E-state index is 13.3. The van der Waals surface area contributed by atoms with E-state index >= 15 is 0 Å². The Morgan fingerprint density at radius 2 is 2.06 bits per heavy atom. The number of hydrogen-bond donors (Lipinski definition) is 2. The third-order valence-electron chi connectivity index (χ3n) is 5.64. The molecule has 0 aromatic heterocycles. The zero-order valence-corrected chi connectivity index (χ0v) is 18.6. The highest BCUT2D eigenvalue weighted by Gasteiger charge is 2.40. The lowest BCUT2D eigenvalue weighted by Gasteiger charge is -2.26. The average molecular weight is 460 g/mol. The number of ether oxygens (including phenoxy) is 2. The molecule has 4 rings (SSSR count). The second-order valence-corrected chi connectivity index (χ2v) is 9.60. The van der Waals surface area contributed by atoms with Crippen LogP contribution in [-0.2, 0) is 26.2 Å². The first-order chi connectivity index (χ1) is 15.3. The van der Waals surface area contributed by atoms with E-state index in [1.165, 1.54) is 22.5 Å². The summed E-state index contributed by atoms with van der Waals surface area (Å²) in [5.74, 6) is 0.349. The number of carbonyl (C=O) groups excluding carboxylic acids is 2. The third-order valence-corrected chi connectivity index (χ3v) is 7.54. The van der Waals surface area contributed by atoms with Crippen molar-refractivity contribution in [3.05, 3.63) is 48.0 Å². The molecule has 2 heterocycles. The Hall–Kier alpha value is -3.11. The molecule has 2 amide bonds. The van der Waals surface area contributed by atoms with Gasteiger partial charge < -0.3 is 20.1 Å². The summed E-state index contributed by atoms with van der Waals surface area (Å²) >= 11 is 0. The molecule has 0 aliphatic carbocycles. The van der Waals surface area contributed by atoms with Crippen molar-refractivity contribution >= 4 is 27.5 Å². The molecule has 2 aromatic rings. The topological polar surface area (TPSA) is 114 Å². The minimum atomic E-state index is -3.95. The number of para-hydroxylation sites is 1. The molecule has 0 saturated carbocycles. The van der Waals surface area contributed by atoms with Crippen molar-refractivity contribution in [1.29, 1.82) is 0 Å². The van der Waals surface area contributed by atoms with E-state index < -0.39 is 22.2 Å². The summed E-state index contributed by atoms with van der Waals surface area (Å²) in [6, 6.07) is 10.8. The van der Waals surface area contributed by atoms with Crippen molar-refractivity contribution in [3.8, 4) is 11.5 Å². The summed E-state index contributed by atoms with van der Waals surface area (Å²) in [5, 5.41) is 5.49. The lowest BCUT2D eigenvalue weighted by molar-refractivity contribution is -0.124. The Morgan fingerprint density at radius 1 is 1.28 bits per heavy atom. The quantitative estimate of drug-likeness (QED) is 0.682. The van der Waals surface area contributed by atoms with Crippen molar-refractivity contribution in [2.45, 2.75) is 43.4 Å². The van der Waals surface area contributed by atoms with Gasteiger partial charge in [0.2, 0.25) is 15.9 Å². The maximum Gasteiger partial charge on any atom is 0.265 e. The number of anilines is 1. The Morgan fingerprint density at radius 3 is 2.84 bits per heavy atom. The molecular formula is C22H25N3O6S. The molecule has 0 radical (unpaired) electrons. The zero-order chi connectivity index (χ0) is 22.9. The highest BCUT2D eigenvalue weighted by Crippen LogP contribution is 2.34. The molecule has 2 aliphatic rings. The van der Waals surface area contributed by atoms with Gasteiger partial charge in [0.1, 0.15) is 17.5 Å². The van der Waals surface area contributed by atoms with Gasteiger partial charge in [-0.25, -0.2) is 8.42 Å². The van der Waals surface area contributed by atoms with Crippen LogP contribution in [0.5, 0.6) is 11.5 Å². The summed E-state index contributed by atoms with van der Waals surface area (Å²) in [5.41, 5.74) is 1.10. The molecule has 0 bridgehead atoms. The van der Waals surface area contributed by atoms with Gasteiger partial charge in [-0.05, 0) is 44.0 Å². The summed E-state index contributed by atoms with van der Waals surface area (Å²) in [6.45, 7) is 2.08. The Kier molecular flexibility index (Phi) is 6.07. The molecule has 2 atom stereocenters. The summed E-state index contributed by atoms with van der Waals surface area (Å²) in [4.78, 5) is 24.8. The van der Waals surface area contributed by atoms with Gasteiger partial charge in [0.15, 0.2) is 6.10 Å². The van der Waals surface area contributed by atoms with Crippen molar-refractivity contribution in [2.75, 3.05) is 19.0 Å². The third kappa shape index (κ3) is 4.15. The molecule has 0 unspecified atom stereocenters. The van der Waals surface area contributed by atoms with Crippen LogP contribution in [0.25, 0.3) is 0 Å². The number of benzene rings is 2. The first kappa shape index (κ1) is 22.1. The molecule has 0 spiro atoms. The second kappa shape index (κ2) is 8.79. The fourth-order valence-electron chi connectivity index (χ4n) is 3.92. The van der Waals surface area contributed by atoms with Crippen LogP contribution in [0.4, 0.5) is 5.69 Å². The van der Waals surface area contributed by atoms with Gasteiger partial charge in [0.05, 0.1) is 17.7 Å². The van der Waals surface area contributed by atoms with Crippen molar-refractivity contribution in [2.24, 2.45) is 0 Å². The molecule has 1 fully saturated rings. The largest absolute Gasteiger partial charge is 0.496 e. The van der Waals surface area contributed by atoms with Crippen LogP contribution in [0, 0.1) is 0 Å². The number of hydrogen-bond acceptors (Lipinski definition) is 6. The zero-order valence-electron chi connectivity index (χ0n) is 17.8. The van der Waals surface area contributed by atoms with Crippen LogP contribution >= 0.6 is 0 Å².